The molecule has 0 aliphatic carbocycles. The minimum atomic E-state index is -4.29. The highest BCUT2D eigenvalue weighted by Crippen LogP contribution is 2.43. The van der Waals surface area contributed by atoms with Gasteiger partial charge in [-0.25, -0.2) is 4.57 Å². The van der Waals surface area contributed by atoms with Gasteiger partial charge in [0.05, 0.1) is 34.4 Å². The lowest BCUT2D eigenvalue weighted by Gasteiger charge is -2.24. The second-order valence-corrected chi connectivity index (χ2v) is 20.7. The van der Waals surface area contributed by atoms with Crippen molar-refractivity contribution in [3.8, 4) is 0 Å². The molecule has 2 unspecified atom stereocenters. The van der Waals surface area contributed by atoms with E-state index < -0.39 is 13.9 Å². The first kappa shape index (κ1) is 62.5. The fourth-order valence-corrected chi connectivity index (χ4v) is 8.18. The van der Waals surface area contributed by atoms with Gasteiger partial charge in [0.15, 0.2) is 0 Å². The van der Waals surface area contributed by atoms with Gasteiger partial charge in [-0.05, 0) is 77.0 Å². The molecule has 1 N–H and O–H groups in total. The van der Waals surface area contributed by atoms with E-state index in [1.165, 1.54) is 154 Å². The van der Waals surface area contributed by atoms with Crippen molar-refractivity contribution in [1.82, 2.24) is 0 Å². The first-order chi connectivity index (χ1) is 31.1. The summed E-state index contributed by atoms with van der Waals surface area (Å²) >= 11 is 0. The normalized spacial score (nSPS) is 13.9. The van der Waals surface area contributed by atoms with Crippen molar-refractivity contribution in [2.24, 2.45) is 0 Å². The molecule has 0 amide bonds. The van der Waals surface area contributed by atoms with Gasteiger partial charge in [-0.1, -0.05) is 204 Å². The molecule has 0 rings (SSSR count). The fraction of sp³-hybridized carbons (Fsp3) is 0.836. The molecule has 0 aromatic carbocycles. The Balaban J connectivity index is 4.07. The average molecular weight is 923 g/mol. The number of likely N-dealkylation sites (N-methyl/N-ethyl adjacent to an activating group) is 1. The van der Waals surface area contributed by atoms with Crippen LogP contribution in [0, 0.1) is 0 Å². The van der Waals surface area contributed by atoms with E-state index in [1.807, 2.05) is 21.1 Å². The molecule has 0 fully saturated rings. The van der Waals surface area contributed by atoms with E-state index in [0.717, 1.165) is 64.2 Å². The molecule has 0 spiro atoms. The van der Waals surface area contributed by atoms with Crippen LogP contribution in [0.3, 0.4) is 0 Å². The number of quaternary nitrogens is 1. The topological polar surface area (TPSA) is 91.3 Å². The van der Waals surface area contributed by atoms with E-state index >= 15 is 0 Å². The van der Waals surface area contributed by atoms with Crippen LogP contribution in [0.5, 0.6) is 0 Å². The zero-order valence-corrected chi connectivity index (χ0v) is 43.7. The van der Waals surface area contributed by atoms with Gasteiger partial charge < -0.3 is 18.9 Å². The van der Waals surface area contributed by atoms with E-state index in [4.69, 9.17) is 18.5 Å². The van der Waals surface area contributed by atoms with Crippen LogP contribution in [0.2, 0.25) is 0 Å². The number of nitrogens with zero attached hydrogens (tertiary/aromatic N) is 1. The smallest absolute Gasteiger partial charge is 0.457 e. The van der Waals surface area contributed by atoms with Crippen molar-refractivity contribution >= 4 is 13.8 Å². The SMILES string of the molecule is CCCCCC/C=C\C/C=C\CCCCCCCC(=O)OC(COCCCCCCCCCCCCCCCC/C=C\C/C=C\CCCCCCC)COP(=O)(O)OCC[N+](C)(C)C. The lowest BCUT2D eigenvalue weighted by molar-refractivity contribution is -0.870. The summed E-state index contributed by atoms with van der Waals surface area (Å²) in [5, 5.41) is 0. The van der Waals surface area contributed by atoms with Gasteiger partial charge >= 0.3 is 13.8 Å². The van der Waals surface area contributed by atoms with Crippen molar-refractivity contribution in [3.63, 3.8) is 0 Å². The summed E-state index contributed by atoms with van der Waals surface area (Å²) in [5.41, 5.74) is 0. The molecule has 64 heavy (non-hydrogen) atoms. The van der Waals surface area contributed by atoms with Crippen molar-refractivity contribution in [3.05, 3.63) is 48.6 Å². The lowest BCUT2D eigenvalue weighted by Crippen LogP contribution is -2.37. The van der Waals surface area contributed by atoms with Crippen molar-refractivity contribution < 1.29 is 37.3 Å². The highest BCUT2D eigenvalue weighted by atomic mass is 31.2. The Morgan fingerprint density at radius 3 is 1.28 bits per heavy atom. The van der Waals surface area contributed by atoms with Gasteiger partial charge in [0.1, 0.15) is 19.3 Å². The summed E-state index contributed by atoms with van der Waals surface area (Å²) in [7, 11) is 1.66. The molecule has 0 aromatic rings. The van der Waals surface area contributed by atoms with Crippen LogP contribution in [-0.2, 0) is 27.9 Å². The summed E-state index contributed by atoms with van der Waals surface area (Å²) in [6.07, 6.45) is 60.2. The molecular formula is C55H105NO7P+. The van der Waals surface area contributed by atoms with E-state index in [2.05, 4.69) is 62.5 Å². The highest BCUT2D eigenvalue weighted by molar-refractivity contribution is 7.47. The Hall–Kier alpha value is -1.54. The second-order valence-electron chi connectivity index (χ2n) is 19.3. The number of hydrogen-bond acceptors (Lipinski definition) is 6. The Bertz CT molecular complexity index is 1160. The molecule has 0 saturated heterocycles. The first-order valence-corrected chi connectivity index (χ1v) is 28.4. The molecule has 0 aliphatic rings. The number of carbonyl (C=O) groups is 1. The third-order valence-corrected chi connectivity index (χ3v) is 12.6. The summed E-state index contributed by atoms with van der Waals surface area (Å²) in [6.45, 7) is 5.60. The minimum Gasteiger partial charge on any atom is -0.457 e. The van der Waals surface area contributed by atoms with Crippen molar-refractivity contribution in [1.29, 1.82) is 0 Å². The van der Waals surface area contributed by atoms with E-state index in [1.54, 1.807) is 0 Å². The van der Waals surface area contributed by atoms with Crippen LogP contribution in [0.15, 0.2) is 48.6 Å². The third kappa shape index (κ3) is 51.4. The molecule has 376 valence electrons. The second kappa shape index (κ2) is 47.9. The molecule has 0 aliphatic heterocycles. The minimum absolute atomic E-state index is 0.0853. The Morgan fingerprint density at radius 1 is 0.484 bits per heavy atom. The number of ether oxygens (including phenoxy) is 2. The molecular weight excluding hydrogens is 818 g/mol. The number of allylic oxidation sites excluding steroid dienone is 8. The standard InChI is InChI=1S/C55H104NO7P/c1-6-8-10-12-14-16-18-20-22-24-25-26-27-28-29-30-31-32-33-35-37-39-41-43-45-47-50-60-52-54(53-62-64(58,59)61-51-49-56(3,4)5)63-55(57)48-46-44-42-40-38-36-34-23-21-19-17-15-13-11-9-7-2/h17-20,23-25,34,54H,6-16,21-22,26-33,35-53H2,1-5H3/p+1/b19-17-,20-18-,25-24-,34-23-. The maximum atomic E-state index is 12.7. The number of unbranched alkanes of at least 4 members (excludes halogenated alkanes) is 28. The van der Waals surface area contributed by atoms with Crippen LogP contribution in [0.4, 0.5) is 0 Å². The quantitative estimate of drug-likeness (QED) is 0.0214. The summed E-state index contributed by atoms with van der Waals surface area (Å²) in [4.78, 5) is 23.0. The summed E-state index contributed by atoms with van der Waals surface area (Å²) in [6, 6.07) is 0. The molecule has 2 atom stereocenters. The molecule has 0 saturated carbocycles. The zero-order chi connectivity index (χ0) is 46.9. The van der Waals surface area contributed by atoms with Gasteiger partial charge in [-0.3, -0.25) is 13.8 Å². The Labute approximate surface area is 397 Å². The predicted octanol–water partition coefficient (Wildman–Crippen LogP) is 16.7. The zero-order valence-electron chi connectivity index (χ0n) is 42.8. The van der Waals surface area contributed by atoms with Gasteiger partial charge in [0, 0.05) is 13.0 Å². The maximum absolute atomic E-state index is 12.7. The number of rotatable bonds is 50. The number of carbonyl (C=O) groups excluding carboxylic acids is 1. The van der Waals surface area contributed by atoms with Gasteiger partial charge in [0.2, 0.25) is 0 Å². The number of esters is 1. The molecule has 8 nitrogen and oxygen atoms in total. The lowest BCUT2D eigenvalue weighted by atomic mass is 10.0. The van der Waals surface area contributed by atoms with E-state index in [-0.39, 0.29) is 25.8 Å². The van der Waals surface area contributed by atoms with Crippen LogP contribution >= 0.6 is 7.82 Å². The van der Waals surface area contributed by atoms with E-state index in [0.29, 0.717) is 24.1 Å². The van der Waals surface area contributed by atoms with Crippen LogP contribution < -0.4 is 0 Å². The molecule has 9 heteroatoms. The van der Waals surface area contributed by atoms with Crippen molar-refractivity contribution in [2.75, 3.05) is 54.1 Å². The Kier molecular flexibility index (Phi) is 46.8. The highest BCUT2D eigenvalue weighted by Gasteiger charge is 2.26. The maximum Gasteiger partial charge on any atom is 0.472 e. The summed E-state index contributed by atoms with van der Waals surface area (Å²) in [5.74, 6) is -0.325. The van der Waals surface area contributed by atoms with E-state index in [9.17, 15) is 14.3 Å². The summed E-state index contributed by atoms with van der Waals surface area (Å²) < 4.78 is 35.2. The predicted molar refractivity (Wildman–Crippen MR) is 275 cm³/mol. The average Bonchev–Trinajstić information content (AvgIpc) is 3.25. The molecule has 0 heterocycles. The molecule has 0 bridgehead atoms. The van der Waals surface area contributed by atoms with Crippen molar-refractivity contribution in [2.45, 2.75) is 245 Å². The largest absolute Gasteiger partial charge is 0.472 e. The van der Waals surface area contributed by atoms with Crippen LogP contribution in [-0.4, -0.2) is 75.6 Å². The first-order valence-electron chi connectivity index (χ1n) is 26.9. The number of phosphoric ester groups is 1. The monoisotopic (exact) mass is 923 g/mol. The van der Waals surface area contributed by atoms with Gasteiger partial charge in [-0.2, -0.15) is 0 Å². The van der Waals surface area contributed by atoms with Gasteiger partial charge in [0.25, 0.3) is 0 Å². The number of hydrogen-bond donors (Lipinski definition) is 1. The number of phosphoric acid groups is 1. The molecule has 0 aromatic heterocycles. The Morgan fingerprint density at radius 2 is 0.859 bits per heavy atom. The molecule has 0 radical (unpaired) electrons. The van der Waals surface area contributed by atoms with Crippen LogP contribution in [0.25, 0.3) is 0 Å². The fourth-order valence-electron chi connectivity index (χ4n) is 7.44. The van der Waals surface area contributed by atoms with Crippen LogP contribution in [0.1, 0.15) is 239 Å². The van der Waals surface area contributed by atoms with Gasteiger partial charge in [-0.15, -0.1) is 0 Å². The third-order valence-electron chi connectivity index (χ3n) is 11.6.